The first-order valence-electron chi connectivity index (χ1n) is 3.95. The average Bonchev–Trinajstić information content (AvgIpc) is 2.16. The van der Waals surface area contributed by atoms with Crippen LogP contribution in [-0.2, 0) is 4.79 Å². The quantitative estimate of drug-likeness (QED) is 0.487. The molecule has 0 radical (unpaired) electrons. The van der Waals surface area contributed by atoms with Crippen LogP contribution in [-0.4, -0.2) is 12.1 Å². The summed E-state index contributed by atoms with van der Waals surface area (Å²) < 4.78 is 0.945. The first-order valence-corrected chi connectivity index (χ1v) is 5.47. The number of hydrogen-bond acceptors (Lipinski definition) is 2. The Balaban J connectivity index is 3.20. The van der Waals surface area contributed by atoms with Crippen molar-refractivity contribution in [2.24, 2.45) is 0 Å². The summed E-state index contributed by atoms with van der Waals surface area (Å²) in [6, 6.07) is 5.24. The molecule has 0 aliphatic carbocycles. The zero-order chi connectivity index (χ0) is 10.7. The minimum Gasteiger partial charge on any atom is -0.298 e. The SMILES string of the molecule is CC(=O)C(Cl)c1ccc(I)cc1C=O. The molecule has 0 fully saturated rings. The number of benzene rings is 1. The summed E-state index contributed by atoms with van der Waals surface area (Å²) in [5.41, 5.74) is 1.06. The number of Topliss-reactive ketones (excluding diaryl/α,β-unsaturated/α-hetero) is 1. The van der Waals surface area contributed by atoms with Gasteiger partial charge in [0.25, 0.3) is 0 Å². The molecule has 1 aromatic rings. The molecular formula is C10H8ClIO2. The van der Waals surface area contributed by atoms with Crippen molar-refractivity contribution >= 4 is 46.3 Å². The number of carbonyl (C=O) groups is 2. The van der Waals surface area contributed by atoms with E-state index in [1.54, 1.807) is 12.1 Å². The molecule has 2 nitrogen and oxygen atoms in total. The normalized spacial score (nSPS) is 12.2. The fraction of sp³-hybridized carbons (Fsp3) is 0.200. The first kappa shape index (κ1) is 11.7. The van der Waals surface area contributed by atoms with Crippen LogP contribution >= 0.6 is 34.2 Å². The Hall–Kier alpha value is -0.420. The van der Waals surface area contributed by atoms with Gasteiger partial charge in [-0.1, -0.05) is 6.07 Å². The number of rotatable bonds is 3. The molecular weight excluding hydrogens is 314 g/mol. The maximum Gasteiger partial charge on any atom is 0.152 e. The molecule has 0 heterocycles. The fourth-order valence-electron chi connectivity index (χ4n) is 1.10. The van der Waals surface area contributed by atoms with E-state index in [2.05, 4.69) is 22.6 Å². The van der Waals surface area contributed by atoms with Gasteiger partial charge in [-0.25, -0.2) is 0 Å². The van der Waals surface area contributed by atoms with E-state index >= 15 is 0 Å². The highest BCUT2D eigenvalue weighted by molar-refractivity contribution is 14.1. The molecule has 4 heteroatoms. The molecule has 0 spiro atoms. The van der Waals surface area contributed by atoms with Crippen molar-refractivity contribution in [3.8, 4) is 0 Å². The molecule has 0 amide bonds. The molecule has 1 rings (SSSR count). The summed E-state index contributed by atoms with van der Waals surface area (Å²) in [4.78, 5) is 21.8. The van der Waals surface area contributed by atoms with Gasteiger partial charge in [0.05, 0.1) is 0 Å². The molecule has 0 saturated carbocycles. The monoisotopic (exact) mass is 322 g/mol. The Morgan fingerprint density at radius 3 is 2.71 bits per heavy atom. The molecule has 74 valence electrons. The smallest absolute Gasteiger partial charge is 0.152 e. The lowest BCUT2D eigenvalue weighted by molar-refractivity contribution is -0.116. The summed E-state index contributed by atoms with van der Waals surface area (Å²) >= 11 is 7.97. The van der Waals surface area contributed by atoms with Gasteiger partial charge >= 0.3 is 0 Å². The van der Waals surface area contributed by atoms with Gasteiger partial charge in [-0.15, -0.1) is 11.6 Å². The van der Waals surface area contributed by atoms with E-state index in [0.29, 0.717) is 11.1 Å². The van der Waals surface area contributed by atoms with E-state index in [9.17, 15) is 9.59 Å². The highest BCUT2D eigenvalue weighted by atomic mass is 127. The van der Waals surface area contributed by atoms with Gasteiger partial charge in [-0.3, -0.25) is 9.59 Å². The maximum absolute atomic E-state index is 11.0. The summed E-state index contributed by atoms with van der Waals surface area (Å²) in [7, 11) is 0. The lowest BCUT2D eigenvalue weighted by Crippen LogP contribution is -2.05. The fourth-order valence-corrected chi connectivity index (χ4v) is 1.81. The van der Waals surface area contributed by atoms with Crippen molar-refractivity contribution in [2.45, 2.75) is 12.3 Å². The van der Waals surface area contributed by atoms with Crippen LogP contribution in [0.25, 0.3) is 0 Å². The van der Waals surface area contributed by atoms with Crippen molar-refractivity contribution < 1.29 is 9.59 Å². The van der Waals surface area contributed by atoms with Crippen molar-refractivity contribution in [3.05, 3.63) is 32.9 Å². The lowest BCUT2D eigenvalue weighted by atomic mass is 10.0. The number of alkyl halides is 1. The second-order valence-corrected chi connectivity index (χ2v) is 4.55. The van der Waals surface area contributed by atoms with E-state index in [4.69, 9.17) is 11.6 Å². The number of halogens is 2. The van der Waals surface area contributed by atoms with Gasteiger partial charge in [0, 0.05) is 9.13 Å². The Morgan fingerprint density at radius 2 is 2.21 bits per heavy atom. The Bertz CT molecular complexity index is 376. The summed E-state index contributed by atoms with van der Waals surface area (Å²) in [6.07, 6.45) is 0.718. The van der Waals surface area contributed by atoms with Crippen LogP contribution in [0.15, 0.2) is 18.2 Å². The van der Waals surface area contributed by atoms with E-state index in [1.165, 1.54) is 6.92 Å². The summed E-state index contributed by atoms with van der Waals surface area (Å²) in [6.45, 7) is 1.41. The molecule has 0 bridgehead atoms. The molecule has 1 atom stereocenters. The Labute approximate surface area is 101 Å². The predicted molar refractivity (Wildman–Crippen MR) is 63.8 cm³/mol. The second kappa shape index (κ2) is 4.89. The Morgan fingerprint density at radius 1 is 1.57 bits per heavy atom. The minimum absolute atomic E-state index is 0.157. The number of hydrogen-bond donors (Lipinski definition) is 0. The van der Waals surface area contributed by atoms with Gasteiger partial charge in [0.2, 0.25) is 0 Å². The molecule has 0 aromatic heterocycles. The van der Waals surface area contributed by atoms with E-state index in [1.807, 2.05) is 6.07 Å². The Kier molecular flexibility index (Phi) is 4.07. The van der Waals surface area contributed by atoms with E-state index in [-0.39, 0.29) is 5.78 Å². The number of ketones is 1. The van der Waals surface area contributed by atoms with Crippen molar-refractivity contribution in [1.82, 2.24) is 0 Å². The zero-order valence-corrected chi connectivity index (χ0v) is 10.4. The highest BCUT2D eigenvalue weighted by Gasteiger charge is 2.16. The van der Waals surface area contributed by atoms with Crippen LogP contribution in [0.1, 0.15) is 28.2 Å². The topological polar surface area (TPSA) is 34.1 Å². The molecule has 1 aromatic carbocycles. The average molecular weight is 323 g/mol. The van der Waals surface area contributed by atoms with Crippen LogP contribution < -0.4 is 0 Å². The second-order valence-electron chi connectivity index (χ2n) is 2.86. The third kappa shape index (κ3) is 2.54. The van der Waals surface area contributed by atoms with Gasteiger partial charge in [-0.05, 0) is 47.2 Å². The highest BCUT2D eigenvalue weighted by Crippen LogP contribution is 2.25. The molecule has 0 N–H and O–H groups in total. The number of aldehydes is 1. The molecule has 14 heavy (non-hydrogen) atoms. The van der Waals surface area contributed by atoms with Crippen LogP contribution in [0.4, 0.5) is 0 Å². The summed E-state index contributed by atoms with van der Waals surface area (Å²) in [5.74, 6) is -0.157. The molecule has 0 aliphatic rings. The molecule has 0 aliphatic heterocycles. The van der Waals surface area contributed by atoms with Gasteiger partial charge in [0.15, 0.2) is 5.78 Å². The van der Waals surface area contributed by atoms with Crippen LogP contribution in [0, 0.1) is 3.57 Å². The van der Waals surface area contributed by atoms with Crippen LogP contribution in [0.5, 0.6) is 0 Å². The van der Waals surface area contributed by atoms with Crippen molar-refractivity contribution in [2.75, 3.05) is 0 Å². The maximum atomic E-state index is 11.0. The summed E-state index contributed by atoms with van der Waals surface area (Å²) in [5, 5.41) is -0.729. The largest absolute Gasteiger partial charge is 0.298 e. The first-order chi connectivity index (χ1) is 6.56. The van der Waals surface area contributed by atoms with Crippen molar-refractivity contribution in [1.29, 1.82) is 0 Å². The zero-order valence-electron chi connectivity index (χ0n) is 7.46. The van der Waals surface area contributed by atoms with E-state index in [0.717, 1.165) is 9.86 Å². The third-order valence-electron chi connectivity index (χ3n) is 1.81. The van der Waals surface area contributed by atoms with Crippen molar-refractivity contribution in [3.63, 3.8) is 0 Å². The van der Waals surface area contributed by atoms with Gasteiger partial charge in [0.1, 0.15) is 11.7 Å². The lowest BCUT2D eigenvalue weighted by Gasteiger charge is -2.08. The minimum atomic E-state index is -0.729. The van der Waals surface area contributed by atoms with Crippen LogP contribution in [0.2, 0.25) is 0 Å². The molecule has 1 unspecified atom stereocenters. The van der Waals surface area contributed by atoms with Gasteiger partial charge in [-0.2, -0.15) is 0 Å². The standard InChI is InChI=1S/C10H8ClIO2/c1-6(14)10(11)9-3-2-8(12)4-7(9)5-13/h2-5,10H,1H3. The molecule has 0 saturated heterocycles. The van der Waals surface area contributed by atoms with Gasteiger partial charge < -0.3 is 0 Å². The number of carbonyl (C=O) groups excluding carboxylic acids is 2. The third-order valence-corrected chi connectivity index (χ3v) is 3.02. The van der Waals surface area contributed by atoms with E-state index < -0.39 is 5.38 Å². The van der Waals surface area contributed by atoms with Crippen LogP contribution in [0.3, 0.4) is 0 Å². The predicted octanol–water partition coefficient (Wildman–Crippen LogP) is 2.97.